The first-order valence-corrected chi connectivity index (χ1v) is 5.89. The molecule has 0 spiro atoms. The van der Waals surface area contributed by atoms with E-state index in [2.05, 4.69) is 14.2 Å². The second-order valence-corrected chi connectivity index (χ2v) is 4.39. The second-order valence-electron chi connectivity index (χ2n) is 2.85. The van der Waals surface area contributed by atoms with Gasteiger partial charge in [-0.15, -0.1) is 0 Å². The summed E-state index contributed by atoms with van der Waals surface area (Å²) < 4.78 is 35.9. The average Bonchev–Trinajstić information content (AvgIpc) is 2.17. The largest absolute Gasteiger partial charge is 0.480 e. The van der Waals surface area contributed by atoms with E-state index in [1.807, 2.05) is 4.72 Å². The highest BCUT2D eigenvalue weighted by atomic mass is 32.2. The van der Waals surface area contributed by atoms with E-state index in [1.165, 1.54) is 14.2 Å². The van der Waals surface area contributed by atoms with Crippen molar-refractivity contribution in [2.75, 3.05) is 34.0 Å². The van der Waals surface area contributed by atoms with Crippen molar-refractivity contribution in [2.24, 2.45) is 0 Å². The van der Waals surface area contributed by atoms with Crippen LogP contribution in [0.4, 0.5) is 0 Å². The lowest BCUT2D eigenvalue weighted by Gasteiger charge is -2.14. The lowest BCUT2D eigenvalue weighted by Crippen LogP contribution is -2.49. The summed E-state index contributed by atoms with van der Waals surface area (Å²) in [6, 6.07) is -1.31. The molecule has 0 fully saturated rings. The molecule has 0 saturated carbocycles. The van der Waals surface area contributed by atoms with Crippen molar-refractivity contribution in [1.82, 2.24) is 9.44 Å². The Bertz CT molecular complexity index is 304. The number of aliphatic carboxylic acids is 1. The predicted octanol–water partition coefficient (Wildman–Crippen LogP) is -1.84. The highest BCUT2D eigenvalue weighted by molar-refractivity contribution is 7.87. The van der Waals surface area contributed by atoms with Gasteiger partial charge in [-0.05, 0) is 0 Å². The first-order chi connectivity index (χ1) is 7.43. The maximum atomic E-state index is 11.3. The third kappa shape index (κ3) is 6.69. The SMILES string of the molecule is COCCNS(=O)(=O)NC(COC)C(=O)O. The molecule has 0 heterocycles. The molecule has 8 nitrogen and oxygen atoms in total. The van der Waals surface area contributed by atoms with Gasteiger partial charge in [0.1, 0.15) is 6.04 Å². The van der Waals surface area contributed by atoms with Gasteiger partial charge in [0.25, 0.3) is 10.2 Å². The molecule has 16 heavy (non-hydrogen) atoms. The quantitative estimate of drug-likeness (QED) is 0.418. The van der Waals surface area contributed by atoms with E-state index in [-0.39, 0.29) is 19.8 Å². The lowest BCUT2D eigenvalue weighted by atomic mass is 10.3. The molecule has 1 unspecified atom stereocenters. The number of hydrogen-bond acceptors (Lipinski definition) is 5. The summed E-state index contributed by atoms with van der Waals surface area (Å²) in [5.41, 5.74) is 0. The second kappa shape index (κ2) is 7.52. The number of methoxy groups -OCH3 is 2. The number of rotatable bonds is 9. The lowest BCUT2D eigenvalue weighted by molar-refractivity contribution is -0.140. The third-order valence-electron chi connectivity index (χ3n) is 1.53. The normalized spacial score (nSPS) is 13.6. The molecular formula is C7H16N2O6S. The molecule has 1 atom stereocenters. The molecule has 0 bridgehead atoms. The summed E-state index contributed by atoms with van der Waals surface area (Å²) in [5, 5.41) is 8.68. The molecule has 0 amide bonds. The number of hydrogen-bond donors (Lipinski definition) is 3. The van der Waals surface area contributed by atoms with E-state index >= 15 is 0 Å². The van der Waals surface area contributed by atoms with Crippen molar-refractivity contribution in [1.29, 1.82) is 0 Å². The highest BCUT2D eigenvalue weighted by Gasteiger charge is 2.23. The van der Waals surface area contributed by atoms with Crippen LogP contribution >= 0.6 is 0 Å². The molecule has 0 rings (SSSR count). The maximum Gasteiger partial charge on any atom is 0.324 e. The third-order valence-corrected chi connectivity index (χ3v) is 2.71. The number of nitrogens with one attached hydrogen (secondary N) is 2. The number of carbonyl (C=O) groups is 1. The minimum atomic E-state index is -3.86. The minimum absolute atomic E-state index is 0.0607. The van der Waals surface area contributed by atoms with Gasteiger partial charge in [0.05, 0.1) is 13.2 Å². The van der Waals surface area contributed by atoms with Crippen LogP contribution in [0.3, 0.4) is 0 Å². The van der Waals surface area contributed by atoms with Crippen molar-refractivity contribution in [2.45, 2.75) is 6.04 Å². The molecular weight excluding hydrogens is 240 g/mol. The van der Waals surface area contributed by atoms with Crippen molar-refractivity contribution >= 4 is 16.2 Å². The summed E-state index contributed by atoms with van der Waals surface area (Å²) in [5.74, 6) is -1.31. The van der Waals surface area contributed by atoms with E-state index in [4.69, 9.17) is 5.11 Å². The molecule has 96 valence electrons. The van der Waals surface area contributed by atoms with Crippen LogP contribution in [0.25, 0.3) is 0 Å². The Morgan fingerprint density at radius 2 is 2.00 bits per heavy atom. The maximum absolute atomic E-state index is 11.3. The van der Waals surface area contributed by atoms with Gasteiger partial charge in [-0.2, -0.15) is 17.9 Å². The van der Waals surface area contributed by atoms with Gasteiger partial charge in [-0.3, -0.25) is 4.79 Å². The summed E-state index contributed by atoms with van der Waals surface area (Å²) >= 11 is 0. The molecule has 3 N–H and O–H groups in total. The molecule has 0 aromatic rings. The number of carboxylic acid groups (broad SMARTS) is 1. The van der Waals surface area contributed by atoms with Crippen LogP contribution in [-0.4, -0.2) is 59.5 Å². The molecule has 0 aliphatic rings. The van der Waals surface area contributed by atoms with E-state index in [9.17, 15) is 13.2 Å². The number of ether oxygens (including phenoxy) is 2. The van der Waals surface area contributed by atoms with Crippen LogP contribution in [0, 0.1) is 0 Å². The van der Waals surface area contributed by atoms with Gasteiger partial charge < -0.3 is 14.6 Å². The van der Waals surface area contributed by atoms with Crippen LogP contribution in [-0.2, 0) is 24.5 Å². The fourth-order valence-electron chi connectivity index (χ4n) is 0.829. The Morgan fingerprint density at radius 3 is 2.44 bits per heavy atom. The zero-order valence-corrected chi connectivity index (χ0v) is 9.91. The zero-order chi connectivity index (χ0) is 12.6. The fraction of sp³-hybridized carbons (Fsp3) is 0.857. The first-order valence-electron chi connectivity index (χ1n) is 4.40. The Balaban J connectivity index is 4.25. The van der Waals surface area contributed by atoms with Crippen LogP contribution in [0.1, 0.15) is 0 Å². The van der Waals surface area contributed by atoms with Crippen LogP contribution in [0.15, 0.2) is 0 Å². The molecule has 0 aliphatic heterocycles. The van der Waals surface area contributed by atoms with Gasteiger partial charge in [-0.1, -0.05) is 0 Å². The van der Waals surface area contributed by atoms with Crippen molar-refractivity contribution < 1.29 is 27.8 Å². The van der Waals surface area contributed by atoms with E-state index in [1.54, 1.807) is 0 Å². The summed E-state index contributed by atoms with van der Waals surface area (Å²) in [4.78, 5) is 10.6. The van der Waals surface area contributed by atoms with Gasteiger partial charge in [0.15, 0.2) is 0 Å². The summed E-state index contributed by atoms with van der Waals surface area (Å²) in [6.07, 6.45) is 0. The molecule has 0 aliphatic carbocycles. The Morgan fingerprint density at radius 1 is 1.38 bits per heavy atom. The first kappa shape index (κ1) is 15.3. The highest BCUT2D eigenvalue weighted by Crippen LogP contribution is 1.89. The predicted molar refractivity (Wildman–Crippen MR) is 55.2 cm³/mol. The smallest absolute Gasteiger partial charge is 0.324 e. The fourth-order valence-corrected chi connectivity index (χ4v) is 1.81. The van der Waals surface area contributed by atoms with Gasteiger partial charge in [-0.25, -0.2) is 0 Å². The van der Waals surface area contributed by atoms with E-state index in [0.29, 0.717) is 0 Å². The van der Waals surface area contributed by atoms with E-state index < -0.39 is 22.2 Å². The van der Waals surface area contributed by atoms with E-state index in [0.717, 1.165) is 0 Å². The molecule has 0 aromatic heterocycles. The number of carboxylic acids is 1. The Kier molecular flexibility index (Phi) is 7.17. The van der Waals surface area contributed by atoms with Crippen molar-refractivity contribution in [3.05, 3.63) is 0 Å². The summed E-state index contributed by atoms with van der Waals surface area (Å²) in [7, 11) is -1.16. The zero-order valence-electron chi connectivity index (χ0n) is 9.10. The van der Waals surface area contributed by atoms with Crippen molar-refractivity contribution in [3.63, 3.8) is 0 Å². The van der Waals surface area contributed by atoms with Crippen LogP contribution < -0.4 is 9.44 Å². The van der Waals surface area contributed by atoms with Gasteiger partial charge >= 0.3 is 5.97 Å². The van der Waals surface area contributed by atoms with Gasteiger partial charge in [0.2, 0.25) is 0 Å². The topological polar surface area (TPSA) is 114 Å². The monoisotopic (exact) mass is 256 g/mol. The van der Waals surface area contributed by atoms with Gasteiger partial charge in [0, 0.05) is 20.8 Å². The van der Waals surface area contributed by atoms with Crippen LogP contribution in [0.5, 0.6) is 0 Å². The standard InChI is InChI=1S/C7H16N2O6S/c1-14-4-3-8-16(12,13)9-6(5-15-2)7(10)11/h6,8-9H,3-5H2,1-2H3,(H,10,11). The molecule has 0 radical (unpaired) electrons. The minimum Gasteiger partial charge on any atom is -0.480 e. The average molecular weight is 256 g/mol. The van der Waals surface area contributed by atoms with Crippen LogP contribution in [0.2, 0.25) is 0 Å². The molecule has 0 aromatic carbocycles. The Hall–Kier alpha value is -0.740. The molecule has 0 saturated heterocycles. The summed E-state index contributed by atoms with van der Waals surface area (Å²) in [6.45, 7) is 0.00853. The van der Waals surface area contributed by atoms with Crippen molar-refractivity contribution in [3.8, 4) is 0 Å². The molecule has 9 heteroatoms. The Labute approximate surface area is 94.1 Å².